The summed E-state index contributed by atoms with van der Waals surface area (Å²) in [6.45, 7) is 5.07. The van der Waals surface area contributed by atoms with Gasteiger partial charge >= 0.3 is 0 Å². The molecule has 19 heavy (non-hydrogen) atoms. The van der Waals surface area contributed by atoms with Crippen molar-refractivity contribution in [1.82, 2.24) is 0 Å². The Balaban J connectivity index is 2.09. The van der Waals surface area contributed by atoms with Gasteiger partial charge in [0.2, 0.25) is 0 Å². The van der Waals surface area contributed by atoms with Crippen molar-refractivity contribution in [1.29, 1.82) is 0 Å². The Bertz CT molecular complexity index is 385. The van der Waals surface area contributed by atoms with E-state index in [0.29, 0.717) is 6.54 Å². The highest BCUT2D eigenvalue weighted by molar-refractivity contribution is 5.58. The number of para-hydroxylation sites is 1. The van der Waals surface area contributed by atoms with Crippen LogP contribution in [0.1, 0.15) is 57.1 Å². The maximum Gasteiger partial charge on any atom is 0.0819 e. The predicted octanol–water partition coefficient (Wildman–Crippen LogP) is 3.92. The van der Waals surface area contributed by atoms with Crippen molar-refractivity contribution in [2.45, 2.75) is 64.4 Å². The molecule has 2 N–H and O–H groups in total. The molecule has 0 saturated heterocycles. The van der Waals surface area contributed by atoms with E-state index in [9.17, 15) is 5.11 Å². The number of nitrogens with one attached hydrogen (secondary N) is 1. The molecule has 0 bridgehead atoms. The first-order valence-corrected chi connectivity index (χ1v) is 7.75. The third kappa shape index (κ3) is 3.50. The van der Waals surface area contributed by atoms with Crippen LogP contribution in [0.15, 0.2) is 18.2 Å². The molecule has 0 aliphatic heterocycles. The minimum Gasteiger partial charge on any atom is -0.388 e. The Hall–Kier alpha value is -1.02. The van der Waals surface area contributed by atoms with E-state index in [-0.39, 0.29) is 0 Å². The highest BCUT2D eigenvalue weighted by atomic mass is 16.3. The smallest absolute Gasteiger partial charge is 0.0819 e. The van der Waals surface area contributed by atoms with Crippen LogP contribution in [0.25, 0.3) is 0 Å². The molecule has 2 rings (SSSR count). The fraction of sp³-hybridized carbons (Fsp3) is 0.647. The van der Waals surface area contributed by atoms with Gasteiger partial charge in [-0.3, -0.25) is 0 Å². The number of hydrogen-bond donors (Lipinski definition) is 2. The van der Waals surface area contributed by atoms with Crippen LogP contribution in [-0.4, -0.2) is 17.3 Å². The molecule has 0 aromatic heterocycles. The van der Waals surface area contributed by atoms with Gasteiger partial charge in [-0.15, -0.1) is 0 Å². The largest absolute Gasteiger partial charge is 0.388 e. The highest BCUT2D eigenvalue weighted by Crippen LogP contribution is 2.30. The fourth-order valence-electron chi connectivity index (χ4n) is 3.11. The number of aryl methyl sites for hydroxylation is 2. The maximum absolute atomic E-state index is 10.6. The SMILES string of the molecule is CCc1cccc(CC)c1NCC1(O)CCCCC1. The van der Waals surface area contributed by atoms with E-state index >= 15 is 0 Å². The zero-order valence-electron chi connectivity index (χ0n) is 12.3. The van der Waals surface area contributed by atoms with E-state index in [1.165, 1.54) is 23.2 Å². The monoisotopic (exact) mass is 261 g/mol. The standard InChI is InChI=1S/C17H27NO/c1-3-14-9-8-10-15(4-2)16(14)18-13-17(19)11-6-5-7-12-17/h8-10,18-19H,3-7,11-13H2,1-2H3. The Morgan fingerprint density at radius 1 is 1.05 bits per heavy atom. The van der Waals surface area contributed by atoms with Crippen LogP contribution >= 0.6 is 0 Å². The molecule has 1 aliphatic carbocycles. The molecular weight excluding hydrogens is 234 g/mol. The molecule has 106 valence electrons. The van der Waals surface area contributed by atoms with Gasteiger partial charge in [0.25, 0.3) is 0 Å². The number of aliphatic hydroxyl groups is 1. The molecule has 1 saturated carbocycles. The summed E-state index contributed by atoms with van der Waals surface area (Å²) in [5.41, 5.74) is 3.48. The lowest BCUT2D eigenvalue weighted by Crippen LogP contribution is -2.39. The summed E-state index contributed by atoms with van der Waals surface area (Å²) < 4.78 is 0. The van der Waals surface area contributed by atoms with Crippen LogP contribution in [0.4, 0.5) is 5.69 Å². The van der Waals surface area contributed by atoms with Gasteiger partial charge in [0.15, 0.2) is 0 Å². The van der Waals surface area contributed by atoms with Gasteiger partial charge in [0, 0.05) is 12.2 Å². The average molecular weight is 261 g/mol. The second kappa shape index (κ2) is 6.42. The molecule has 2 heteroatoms. The molecule has 0 amide bonds. The van der Waals surface area contributed by atoms with E-state index in [4.69, 9.17) is 0 Å². The molecule has 0 heterocycles. The van der Waals surface area contributed by atoms with Crippen molar-refractivity contribution in [3.8, 4) is 0 Å². The molecule has 1 fully saturated rings. The van der Waals surface area contributed by atoms with E-state index < -0.39 is 5.60 Å². The second-order valence-electron chi connectivity index (χ2n) is 5.80. The highest BCUT2D eigenvalue weighted by Gasteiger charge is 2.29. The first kappa shape index (κ1) is 14.4. The third-order valence-corrected chi connectivity index (χ3v) is 4.38. The molecule has 1 aromatic rings. The molecule has 1 aliphatic rings. The van der Waals surface area contributed by atoms with Crippen LogP contribution in [0.3, 0.4) is 0 Å². The van der Waals surface area contributed by atoms with Gasteiger partial charge in [-0.1, -0.05) is 51.3 Å². The van der Waals surface area contributed by atoms with Crippen LogP contribution in [0, 0.1) is 0 Å². The number of benzene rings is 1. The predicted molar refractivity (Wildman–Crippen MR) is 81.7 cm³/mol. The quantitative estimate of drug-likeness (QED) is 0.842. The van der Waals surface area contributed by atoms with Gasteiger partial charge in [0.05, 0.1) is 5.60 Å². The number of anilines is 1. The summed E-state index contributed by atoms with van der Waals surface area (Å²) in [6, 6.07) is 6.51. The van der Waals surface area contributed by atoms with Crippen molar-refractivity contribution in [3.05, 3.63) is 29.3 Å². The lowest BCUT2D eigenvalue weighted by atomic mass is 9.84. The summed E-state index contributed by atoms with van der Waals surface area (Å²) >= 11 is 0. The first-order chi connectivity index (χ1) is 9.18. The zero-order chi connectivity index (χ0) is 13.7. The van der Waals surface area contributed by atoms with Crippen LogP contribution in [0.5, 0.6) is 0 Å². The molecule has 0 unspecified atom stereocenters. The van der Waals surface area contributed by atoms with Gasteiger partial charge < -0.3 is 10.4 Å². The van der Waals surface area contributed by atoms with Gasteiger partial charge in [-0.05, 0) is 36.8 Å². The Kier molecular flexibility index (Phi) is 4.87. The van der Waals surface area contributed by atoms with Gasteiger partial charge in [0.1, 0.15) is 0 Å². The van der Waals surface area contributed by atoms with E-state index in [1.54, 1.807) is 0 Å². The van der Waals surface area contributed by atoms with Crippen molar-refractivity contribution >= 4 is 5.69 Å². The van der Waals surface area contributed by atoms with E-state index in [2.05, 4.69) is 37.4 Å². The lowest BCUT2D eigenvalue weighted by Gasteiger charge is -2.33. The molecule has 0 radical (unpaired) electrons. The van der Waals surface area contributed by atoms with Gasteiger partial charge in [-0.25, -0.2) is 0 Å². The molecule has 1 aromatic carbocycles. The summed E-state index contributed by atoms with van der Waals surface area (Å²) in [6.07, 6.45) is 7.55. The van der Waals surface area contributed by atoms with Crippen molar-refractivity contribution in [2.75, 3.05) is 11.9 Å². The summed E-state index contributed by atoms with van der Waals surface area (Å²) in [4.78, 5) is 0. The minimum absolute atomic E-state index is 0.496. The van der Waals surface area contributed by atoms with E-state index in [0.717, 1.165) is 38.5 Å². The number of hydrogen-bond acceptors (Lipinski definition) is 2. The summed E-state index contributed by atoms with van der Waals surface area (Å²) in [7, 11) is 0. The fourth-order valence-corrected chi connectivity index (χ4v) is 3.11. The molecular formula is C17H27NO. The van der Waals surface area contributed by atoms with E-state index in [1.807, 2.05) is 0 Å². The van der Waals surface area contributed by atoms with Crippen molar-refractivity contribution in [2.24, 2.45) is 0 Å². The maximum atomic E-state index is 10.6. The normalized spacial score (nSPS) is 18.3. The van der Waals surface area contributed by atoms with Gasteiger partial charge in [-0.2, -0.15) is 0 Å². The van der Waals surface area contributed by atoms with Crippen molar-refractivity contribution < 1.29 is 5.11 Å². The second-order valence-corrected chi connectivity index (χ2v) is 5.80. The minimum atomic E-state index is -0.496. The molecule has 2 nitrogen and oxygen atoms in total. The topological polar surface area (TPSA) is 32.3 Å². The van der Waals surface area contributed by atoms with Crippen LogP contribution in [0.2, 0.25) is 0 Å². The Morgan fingerprint density at radius 2 is 1.63 bits per heavy atom. The summed E-state index contributed by atoms with van der Waals surface area (Å²) in [5, 5.41) is 14.1. The molecule has 0 atom stereocenters. The van der Waals surface area contributed by atoms with Crippen LogP contribution < -0.4 is 5.32 Å². The first-order valence-electron chi connectivity index (χ1n) is 7.75. The zero-order valence-corrected chi connectivity index (χ0v) is 12.3. The average Bonchev–Trinajstić information content (AvgIpc) is 2.45. The Morgan fingerprint density at radius 3 is 2.16 bits per heavy atom. The third-order valence-electron chi connectivity index (χ3n) is 4.38. The molecule has 0 spiro atoms. The Labute approximate surface area is 117 Å². The summed E-state index contributed by atoms with van der Waals surface area (Å²) in [5.74, 6) is 0. The number of rotatable bonds is 5. The van der Waals surface area contributed by atoms with Crippen molar-refractivity contribution in [3.63, 3.8) is 0 Å². The lowest BCUT2D eigenvalue weighted by molar-refractivity contribution is 0.0167. The van der Waals surface area contributed by atoms with Crippen LogP contribution in [-0.2, 0) is 12.8 Å².